The lowest BCUT2D eigenvalue weighted by Crippen LogP contribution is -2.38. The molecule has 1 aromatic rings. The number of ether oxygens (including phenoxy) is 1. The fourth-order valence-electron chi connectivity index (χ4n) is 3.72. The van der Waals surface area contributed by atoms with Gasteiger partial charge in [0.05, 0.1) is 0 Å². The minimum atomic E-state index is -0.0548. The van der Waals surface area contributed by atoms with Gasteiger partial charge >= 0.3 is 0 Å². The average molecular weight is 359 g/mol. The van der Waals surface area contributed by atoms with E-state index in [4.69, 9.17) is 4.74 Å². The van der Waals surface area contributed by atoms with Crippen molar-refractivity contribution >= 4 is 11.8 Å². The summed E-state index contributed by atoms with van der Waals surface area (Å²) in [6, 6.07) is 3.87. The molecule has 2 aliphatic rings. The number of carbonyl (C=O) groups excluding carboxylic acids is 2. The van der Waals surface area contributed by atoms with E-state index >= 15 is 0 Å². The highest BCUT2D eigenvalue weighted by molar-refractivity contribution is 5.95. The van der Waals surface area contributed by atoms with Crippen molar-refractivity contribution in [2.24, 2.45) is 0 Å². The number of piperidine rings is 1. The monoisotopic (exact) mass is 359 g/mol. The SMILES string of the molecule is Cc1cc(C(=O)NC2CCNC2)cc(C)c1OCC(=O)N1CCCCC1. The largest absolute Gasteiger partial charge is 0.483 e. The van der Waals surface area contributed by atoms with Crippen molar-refractivity contribution in [2.45, 2.75) is 45.6 Å². The second-order valence-electron chi connectivity index (χ2n) is 7.33. The van der Waals surface area contributed by atoms with Crippen LogP contribution in [0.1, 0.15) is 47.2 Å². The van der Waals surface area contributed by atoms with Gasteiger partial charge in [0.1, 0.15) is 5.75 Å². The maximum absolute atomic E-state index is 12.4. The van der Waals surface area contributed by atoms with Crippen LogP contribution in [0.15, 0.2) is 12.1 Å². The zero-order valence-electron chi connectivity index (χ0n) is 15.8. The molecule has 6 heteroatoms. The summed E-state index contributed by atoms with van der Waals surface area (Å²) in [7, 11) is 0. The fraction of sp³-hybridized carbons (Fsp3) is 0.600. The van der Waals surface area contributed by atoms with Gasteiger partial charge in [-0.2, -0.15) is 0 Å². The van der Waals surface area contributed by atoms with Gasteiger partial charge in [-0.05, 0) is 69.3 Å². The standard InChI is InChI=1S/C20H29N3O3/c1-14-10-16(20(25)22-17-6-7-21-12-17)11-15(2)19(14)26-13-18(24)23-8-4-3-5-9-23/h10-11,17,21H,3-9,12-13H2,1-2H3,(H,22,25). The van der Waals surface area contributed by atoms with Crippen LogP contribution >= 0.6 is 0 Å². The zero-order chi connectivity index (χ0) is 18.5. The molecule has 0 bridgehead atoms. The zero-order valence-corrected chi connectivity index (χ0v) is 15.8. The third kappa shape index (κ3) is 4.55. The Morgan fingerprint density at radius 3 is 2.50 bits per heavy atom. The first-order valence-electron chi connectivity index (χ1n) is 9.58. The number of amides is 2. The van der Waals surface area contributed by atoms with Crippen LogP contribution in [-0.2, 0) is 4.79 Å². The highest BCUT2D eigenvalue weighted by Gasteiger charge is 2.20. The van der Waals surface area contributed by atoms with Crippen LogP contribution in [0.2, 0.25) is 0 Å². The number of likely N-dealkylation sites (tertiary alicyclic amines) is 1. The molecular weight excluding hydrogens is 330 g/mol. The summed E-state index contributed by atoms with van der Waals surface area (Å²) in [4.78, 5) is 26.6. The molecule has 0 saturated carbocycles. The van der Waals surface area contributed by atoms with Gasteiger partial charge in [-0.1, -0.05) is 0 Å². The molecule has 1 atom stereocenters. The van der Waals surface area contributed by atoms with Crippen molar-refractivity contribution in [2.75, 3.05) is 32.8 Å². The third-order valence-corrected chi connectivity index (χ3v) is 5.17. The number of aryl methyl sites for hydroxylation is 2. The van der Waals surface area contributed by atoms with Crippen LogP contribution in [0, 0.1) is 13.8 Å². The quantitative estimate of drug-likeness (QED) is 0.841. The molecule has 1 unspecified atom stereocenters. The first-order chi connectivity index (χ1) is 12.5. The smallest absolute Gasteiger partial charge is 0.260 e. The number of nitrogens with one attached hydrogen (secondary N) is 2. The Bertz CT molecular complexity index is 639. The highest BCUT2D eigenvalue weighted by Crippen LogP contribution is 2.25. The second kappa shape index (κ2) is 8.54. The Kier molecular flexibility index (Phi) is 6.14. The predicted molar refractivity (Wildman–Crippen MR) is 101 cm³/mol. The molecule has 142 valence electrons. The minimum absolute atomic E-state index is 0.0408. The molecular formula is C20H29N3O3. The summed E-state index contributed by atoms with van der Waals surface area (Å²) >= 11 is 0. The van der Waals surface area contributed by atoms with E-state index in [9.17, 15) is 9.59 Å². The molecule has 6 nitrogen and oxygen atoms in total. The second-order valence-corrected chi connectivity index (χ2v) is 7.33. The maximum atomic E-state index is 12.4. The van der Waals surface area contributed by atoms with E-state index in [2.05, 4.69) is 10.6 Å². The Morgan fingerprint density at radius 1 is 1.19 bits per heavy atom. The Morgan fingerprint density at radius 2 is 1.88 bits per heavy atom. The summed E-state index contributed by atoms with van der Waals surface area (Å²) < 4.78 is 5.82. The molecule has 2 fully saturated rings. The van der Waals surface area contributed by atoms with Gasteiger partial charge < -0.3 is 20.3 Å². The van der Waals surface area contributed by atoms with Crippen molar-refractivity contribution in [1.29, 1.82) is 0 Å². The van der Waals surface area contributed by atoms with Crippen molar-refractivity contribution in [1.82, 2.24) is 15.5 Å². The van der Waals surface area contributed by atoms with Crippen LogP contribution in [0.3, 0.4) is 0 Å². The van der Waals surface area contributed by atoms with Gasteiger partial charge in [-0.25, -0.2) is 0 Å². The molecule has 26 heavy (non-hydrogen) atoms. The molecule has 0 spiro atoms. The van der Waals surface area contributed by atoms with Crippen molar-refractivity contribution in [3.8, 4) is 5.75 Å². The number of hydrogen-bond donors (Lipinski definition) is 2. The number of benzene rings is 1. The number of rotatable bonds is 5. The molecule has 3 rings (SSSR count). The van der Waals surface area contributed by atoms with Crippen LogP contribution in [0.5, 0.6) is 5.75 Å². The molecule has 2 saturated heterocycles. The minimum Gasteiger partial charge on any atom is -0.483 e. The average Bonchev–Trinajstić information content (AvgIpc) is 3.14. The maximum Gasteiger partial charge on any atom is 0.260 e. The number of carbonyl (C=O) groups is 2. The van der Waals surface area contributed by atoms with Gasteiger partial charge in [0.2, 0.25) is 0 Å². The number of hydrogen-bond acceptors (Lipinski definition) is 4. The normalized spacial score (nSPS) is 20.1. The lowest BCUT2D eigenvalue weighted by Gasteiger charge is -2.27. The molecule has 0 radical (unpaired) electrons. The van der Waals surface area contributed by atoms with E-state index in [0.29, 0.717) is 11.3 Å². The molecule has 2 N–H and O–H groups in total. The van der Waals surface area contributed by atoms with E-state index in [1.807, 2.05) is 30.9 Å². The lowest BCUT2D eigenvalue weighted by molar-refractivity contribution is -0.134. The van der Waals surface area contributed by atoms with Crippen molar-refractivity contribution in [3.63, 3.8) is 0 Å². The molecule has 2 amide bonds. The summed E-state index contributed by atoms with van der Waals surface area (Å²) in [6.07, 6.45) is 4.31. The first kappa shape index (κ1) is 18.7. The Labute approximate surface area is 155 Å². The fourth-order valence-corrected chi connectivity index (χ4v) is 3.72. The molecule has 2 aliphatic heterocycles. The van der Waals surface area contributed by atoms with Gasteiger partial charge in [-0.15, -0.1) is 0 Å². The van der Waals surface area contributed by atoms with E-state index in [1.165, 1.54) is 6.42 Å². The van der Waals surface area contributed by atoms with E-state index in [1.54, 1.807) is 0 Å². The molecule has 1 aromatic carbocycles. The first-order valence-corrected chi connectivity index (χ1v) is 9.58. The van der Waals surface area contributed by atoms with Gasteiger partial charge in [0, 0.05) is 31.2 Å². The highest BCUT2D eigenvalue weighted by atomic mass is 16.5. The van der Waals surface area contributed by atoms with Crippen molar-refractivity contribution < 1.29 is 14.3 Å². The van der Waals surface area contributed by atoms with Crippen LogP contribution in [0.4, 0.5) is 0 Å². The summed E-state index contributed by atoms with van der Waals surface area (Å²) in [5, 5.41) is 6.30. The predicted octanol–water partition coefficient (Wildman–Crippen LogP) is 1.79. The summed E-state index contributed by atoms with van der Waals surface area (Å²) in [5.41, 5.74) is 2.40. The Hall–Kier alpha value is -2.08. The van der Waals surface area contributed by atoms with E-state index < -0.39 is 0 Å². The van der Waals surface area contributed by atoms with Crippen LogP contribution < -0.4 is 15.4 Å². The van der Waals surface area contributed by atoms with Crippen LogP contribution in [0.25, 0.3) is 0 Å². The summed E-state index contributed by atoms with van der Waals surface area (Å²) in [6.45, 7) is 7.32. The summed E-state index contributed by atoms with van der Waals surface area (Å²) in [5.74, 6) is 0.689. The number of nitrogens with zero attached hydrogens (tertiary/aromatic N) is 1. The van der Waals surface area contributed by atoms with E-state index in [-0.39, 0.29) is 24.5 Å². The van der Waals surface area contributed by atoms with Crippen LogP contribution in [-0.4, -0.2) is 55.5 Å². The third-order valence-electron chi connectivity index (χ3n) is 5.17. The topological polar surface area (TPSA) is 70.7 Å². The van der Waals surface area contributed by atoms with Crippen molar-refractivity contribution in [3.05, 3.63) is 28.8 Å². The Balaban J connectivity index is 1.61. The molecule has 0 aliphatic carbocycles. The lowest BCUT2D eigenvalue weighted by atomic mass is 10.0. The molecule has 2 heterocycles. The van der Waals surface area contributed by atoms with E-state index in [0.717, 1.165) is 56.6 Å². The molecule has 0 aromatic heterocycles. The van der Waals surface area contributed by atoms with Gasteiger partial charge in [0.25, 0.3) is 11.8 Å². The van der Waals surface area contributed by atoms with Gasteiger partial charge in [-0.3, -0.25) is 9.59 Å². The van der Waals surface area contributed by atoms with Gasteiger partial charge in [0.15, 0.2) is 6.61 Å².